The monoisotopic (exact) mass is 310 g/mol. The summed E-state index contributed by atoms with van der Waals surface area (Å²) < 4.78 is 4.74. The van der Waals surface area contributed by atoms with Gasteiger partial charge in [0.05, 0.1) is 13.2 Å². The number of fused-ring (bicyclic) bond motifs is 1. The average Bonchev–Trinajstić information content (AvgIpc) is 2.58. The second kappa shape index (κ2) is 7.41. The van der Waals surface area contributed by atoms with Gasteiger partial charge >= 0.3 is 5.97 Å². The van der Waals surface area contributed by atoms with Gasteiger partial charge in [-0.25, -0.2) is 4.79 Å². The summed E-state index contributed by atoms with van der Waals surface area (Å²) in [5.74, 6) is -1.25. The number of benzene rings is 2. The number of methoxy groups -OCH3 is 1. The molecule has 0 aliphatic rings. The molecule has 0 radical (unpaired) electrons. The van der Waals surface area contributed by atoms with E-state index in [1.807, 2.05) is 36.4 Å². The highest BCUT2D eigenvalue weighted by Crippen LogP contribution is 2.19. The van der Waals surface area contributed by atoms with Crippen LogP contribution < -0.4 is 5.32 Å². The molecule has 0 spiro atoms. The van der Waals surface area contributed by atoms with Gasteiger partial charge in [-0.05, 0) is 16.8 Å². The van der Waals surface area contributed by atoms with E-state index in [9.17, 15) is 9.59 Å². The first-order chi connectivity index (χ1) is 11.1. The normalized spacial score (nSPS) is 12.9. The number of amides is 1. The maximum Gasteiger partial charge on any atom is 0.328 e. The van der Waals surface area contributed by atoms with Gasteiger partial charge in [0.15, 0.2) is 0 Å². The molecule has 2 aromatic carbocycles. The topological polar surface area (TPSA) is 79.2 Å². The van der Waals surface area contributed by atoms with Crippen molar-refractivity contribution >= 4 is 22.6 Å². The van der Waals surface area contributed by atoms with Crippen molar-refractivity contribution in [2.75, 3.05) is 7.11 Å². The third-order valence-electron chi connectivity index (χ3n) is 3.76. The van der Waals surface area contributed by atoms with Gasteiger partial charge in [0.1, 0.15) is 6.04 Å². The molecular formula is C18H18N2O3. The lowest BCUT2D eigenvalue weighted by Gasteiger charge is -2.21. The Morgan fingerprint density at radius 2 is 1.91 bits per heavy atom. The number of esters is 1. The van der Waals surface area contributed by atoms with Crippen LogP contribution in [0, 0.1) is 17.2 Å². The zero-order valence-corrected chi connectivity index (χ0v) is 13.1. The molecule has 5 heteroatoms. The Kier molecular flexibility index (Phi) is 5.32. The first kappa shape index (κ1) is 16.5. The molecule has 0 aliphatic carbocycles. The lowest BCUT2D eigenvalue weighted by atomic mass is 9.97. The molecule has 0 saturated heterocycles. The van der Waals surface area contributed by atoms with Crippen LogP contribution in [0.2, 0.25) is 0 Å². The fraction of sp³-hybridized carbons (Fsp3) is 0.278. The van der Waals surface area contributed by atoms with Gasteiger partial charge in [0.2, 0.25) is 0 Å². The molecule has 0 heterocycles. The molecular weight excluding hydrogens is 292 g/mol. The molecule has 118 valence electrons. The van der Waals surface area contributed by atoms with E-state index in [4.69, 9.17) is 10.00 Å². The maximum atomic E-state index is 12.6. The summed E-state index contributed by atoms with van der Waals surface area (Å²) in [7, 11) is 1.26. The van der Waals surface area contributed by atoms with E-state index in [2.05, 4.69) is 5.32 Å². The molecule has 0 aromatic heterocycles. The number of hydrogen-bond acceptors (Lipinski definition) is 4. The largest absolute Gasteiger partial charge is 0.467 e. The van der Waals surface area contributed by atoms with Crippen LogP contribution in [0.1, 0.15) is 23.7 Å². The van der Waals surface area contributed by atoms with Crippen LogP contribution >= 0.6 is 0 Å². The summed E-state index contributed by atoms with van der Waals surface area (Å²) in [6, 6.07) is 14.1. The number of ether oxygens (including phenoxy) is 1. The van der Waals surface area contributed by atoms with Crippen molar-refractivity contribution in [3.8, 4) is 6.07 Å². The van der Waals surface area contributed by atoms with Gasteiger partial charge in [0, 0.05) is 17.9 Å². The summed E-state index contributed by atoms with van der Waals surface area (Å²) in [5, 5.41) is 13.3. The fourth-order valence-electron chi connectivity index (χ4n) is 2.46. The number of nitrogens with one attached hydrogen (secondary N) is 1. The van der Waals surface area contributed by atoms with Crippen LogP contribution in [0.15, 0.2) is 42.5 Å². The molecule has 0 aliphatic heterocycles. The Balaban J connectivity index is 2.31. The first-order valence-electron chi connectivity index (χ1n) is 7.32. The van der Waals surface area contributed by atoms with E-state index < -0.39 is 12.0 Å². The van der Waals surface area contributed by atoms with Gasteiger partial charge in [0.25, 0.3) is 5.91 Å². The van der Waals surface area contributed by atoms with E-state index in [0.29, 0.717) is 5.56 Å². The number of carbonyl (C=O) groups is 2. The fourth-order valence-corrected chi connectivity index (χ4v) is 2.46. The summed E-state index contributed by atoms with van der Waals surface area (Å²) in [4.78, 5) is 24.5. The smallest absolute Gasteiger partial charge is 0.328 e. The van der Waals surface area contributed by atoms with E-state index in [1.54, 1.807) is 19.1 Å². The summed E-state index contributed by atoms with van der Waals surface area (Å²) >= 11 is 0. The molecule has 0 fully saturated rings. The molecule has 0 saturated carbocycles. The minimum Gasteiger partial charge on any atom is -0.467 e. The van der Waals surface area contributed by atoms with Crippen LogP contribution in [-0.4, -0.2) is 25.0 Å². The molecule has 1 amide bonds. The quantitative estimate of drug-likeness (QED) is 0.861. The van der Waals surface area contributed by atoms with Crippen molar-refractivity contribution in [2.45, 2.75) is 19.4 Å². The summed E-state index contributed by atoms with van der Waals surface area (Å²) in [6.45, 7) is 1.73. The Morgan fingerprint density at radius 1 is 1.22 bits per heavy atom. The first-order valence-corrected chi connectivity index (χ1v) is 7.32. The van der Waals surface area contributed by atoms with E-state index >= 15 is 0 Å². The van der Waals surface area contributed by atoms with Gasteiger partial charge in [-0.3, -0.25) is 4.79 Å². The van der Waals surface area contributed by atoms with Crippen molar-refractivity contribution in [1.82, 2.24) is 5.32 Å². The number of rotatable bonds is 5. The molecule has 0 unspecified atom stereocenters. The van der Waals surface area contributed by atoms with Crippen LogP contribution in [0.3, 0.4) is 0 Å². The lowest BCUT2D eigenvalue weighted by molar-refractivity contribution is -0.144. The molecule has 2 rings (SSSR count). The molecule has 1 N–H and O–H groups in total. The highest BCUT2D eigenvalue weighted by molar-refractivity contribution is 6.08. The van der Waals surface area contributed by atoms with Gasteiger partial charge in [-0.1, -0.05) is 43.3 Å². The molecule has 2 aromatic rings. The highest BCUT2D eigenvalue weighted by Gasteiger charge is 2.28. The molecule has 0 bridgehead atoms. The van der Waals surface area contributed by atoms with Gasteiger partial charge in [-0.15, -0.1) is 0 Å². The predicted octanol–water partition coefficient (Wildman–Crippen LogP) is 2.66. The number of carbonyl (C=O) groups excluding carboxylic acids is 2. The SMILES string of the molecule is COC(=O)[C@@H](NC(=O)c1cccc2ccccc12)[C@H](C)CC#N. The lowest BCUT2D eigenvalue weighted by Crippen LogP contribution is -2.45. The number of hydrogen-bond donors (Lipinski definition) is 1. The van der Waals surface area contributed by atoms with Crippen LogP contribution in [-0.2, 0) is 9.53 Å². The zero-order valence-electron chi connectivity index (χ0n) is 13.1. The minimum atomic E-state index is -0.855. The molecule has 23 heavy (non-hydrogen) atoms. The third kappa shape index (κ3) is 3.67. The Hall–Kier alpha value is -2.87. The van der Waals surface area contributed by atoms with E-state index in [-0.39, 0.29) is 18.2 Å². The molecule has 5 nitrogen and oxygen atoms in total. The standard InChI is InChI=1S/C18H18N2O3/c1-12(10-11-19)16(18(22)23-2)20-17(21)15-9-5-7-13-6-3-4-8-14(13)15/h3-9,12,16H,10H2,1-2H3,(H,20,21)/t12-,16+/m1/s1. The average molecular weight is 310 g/mol. The van der Waals surface area contributed by atoms with Crippen LogP contribution in [0.4, 0.5) is 0 Å². The predicted molar refractivity (Wildman–Crippen MR) is 86.6 cm³/mol. The Bertz CT molecular complexity index is 759. The second-order valence-electron chi connectivity index (χ2n) is 5.34. The number of nitrogens with zero attached hydrogens (tertiary/aromatic N) is 1. The maximum absolute atomic E-state index is 12.6. The highest BCUT2D eigenvalue weighted by atomic mass is 16.5. The Morgan fingerprint density at radius 3 is 2.61 bits per heavy atom. The minimum absolute atomic E-state index is 0.148. The Labute approximate surface area is 134 Å². The van der Waals surface area contributed by atoms with Crippen molar-refractivity contribution in [2.24, 2.45) is 5.92 Å². The third-order valence-corrected chi connectivity index (χ3v) is 3.76. The van der Waals surface area contributed by atoms with Crippen LogP contribution in [0.25, 0.3) is 10.8 Å². The zero-order chi connectivity index (χ0) is 16.8. The molecule has 2 atom stereocenters. The second-order valence-corrected chi connectivity index (χ2v) is 5.34. The number of nitriles is 1. The van der Waals surface area contributed by atoms with Crippen LogP contribution in [0.5, 0.6) is 0 Å². The van der Waals surface area contributed by atoms with Gasteiger partial charge in [-0.2, -0.15) is 5.26 Å². The van der Waals surface area contributed by atoms with E-state index in [0.717, 1.165) is 10.8 Å². The van der Waals surface area contributed by atoms with Crippen molar-refractivity contribution in [1.29, 1.82) is 5.26 Å². The van der Waals surface area contributed by atoms with Crippen molar-refractivity contribution in [3.63, 3.8) is 0 Å². The summed E-state index contributed by atoms with van der Waals surface area (Å²) in [5.41, 5.74) is 0.487. The van der Waals surface area contributed by atoms with Crippen molar-refractivity contribution < 1.29 is 14.3 Å². The van der Waals surface area contributed by atoms with Gasteiger partial charge < -0.3 is 10.1 Å². The van der Waals surface area contributed by atoms with Crippen molar-refractivity contribution in [3.05, 3.63) is 48.0 Å². The summed E-state index contributed by atoms with van der Waals surface area (Å²) in [6.07, 6.45) is 0.148. The van der Waals surface area contributed by atoms with E-state index in [1.165, 1.54) is 7.11 Å².